The molecular weight excluding hydrogens is 374 g/mol. The van der Waals surface area contributed by atoms with Crippen LogP contribution < -0.4 is 0 Å². The molecule has 0 aromatic rings. The lowest BCUT2D eigenvalue weighted by molar-refractivity contribution is -0.128. The van der Waals surface area contributed by atoms with Gasteiger partial charge in [-0.25, -0.2) is 0 Å². The van der Waals surface area contributed by atoms with E-state index in [9.17, 15) is 9.90 Å². The van der Waals surface area contributed by atoms with E-state index in [2.05, 4.69) is 33.4 Å². The summed E-state index contributed by atoms with van der Waals surface area (Å²) in [5.74, 6) is 1.64. The number of fused-ring (bicyclic) bond motifs is 1. The van der Waals surface area contributed by atoms with Gasteiger partial charge < -0.3 is 21.7 Å². The number of allylic oxidation sites excluding steroid dienone is 4. The molecule has 1 saturated heterocycles. The van der Waals surface area contributed by atoms with E-state index in [1.165, 1.54) is 12.8 Å². The summed E-state index contributed by atoms with van der Waals surface area (Å²) < 4.78 is 5.95. The number of rotatable bonds is 6. The molecule has 3 rings (SSSR count). The zero-order valence-corrected chi connectivity index (χ0v) is 18.8. The van der Waals surface area contributed by atoms with Gasteiger partial charge in [-0.15, -0.1) is 5.92 Å². The quantitative estimate of drug-likeness (QED) is 0.641. The third-order valence-electron chi connectivity index (χ3n) is 7.58. The Hall–Kier alpha value is -1.52. The summed E-state index contributed by atoms with van der Waals surface area (Å²) >= 11 is 0. The zero-order valence-electron chi connectivity index (χ0n) is 18.8. The molecule has 1 aliphatic heterocycles. The lowest BCUT2D eigenvalue weighted by Gasteiger charge is -2.44. The largest absolute Gasteiger partial charge is 0.396 e. The first-order valence-electron chi connectivity index (χ1n) is 11.6. The van der Waals surface area contributed by atoms with Gasteiger partial charge in [-0.1, -0.05) is 50.8 Å². The molecule has 4 heteroatoms. The van der Waals surface area contributed by atoms with Crippen LogP contribution in [-0.2, 0) is 9.53 Å². The van der Waals surface area contributed by atoms with Crippen LogP contribution in [-0.4, -0.2) is 41.8 Å². The topological polar surface area (TPSA) is 49.8 Å². The summed E-state index contributed by atoms with van der Waals surface area (Å²) in [6.45, 7) is 15.3. The van der Waals surface area contributed by atoms with Crippen LogP contribution in [0.2, 0.25) is 0 Å². The highest BCUT2D eigenvalue weighted by atomic mass is 16.5. The molecule has 30 heavy (non-hydrogen) atoms. The number of nitrogens with zero attached hydrogens (tertiary/aromatic N) is 1. The van der Waals surface area contributed by atoms with E-state index in [1.807, 2.05) is 12.2 Å². The molecule has 0 spiro atoms. The maximum Gasteiger partial charge on any atom is 0.226 e. The summed E-state index contributed by atoms with van der Waals surface area (Å²) in [7, 11) is 1.80. The van der Waals surface area contributed by atoms with Crippen molar-refractivity contribution < 1.29 is 14.6 Å². The van der Waals surface area contributed by atoms with Crippen molar-refractivity contribution in [3.05, 3.63) is 49.9 Å². The number of aliphatic hydroxyl groups is 1. The van der Waals surface area contributed by atoms with Crippen LogP contribution in [0, 0.1) is 43.4 Å². The minimum absolute atomic E-state index is 0.0241. The molecule has 2 fully saturated rings. The van der Waals surface area contributed by atoms with E-state index in [-0.39, 0.29) is 23.8 Å². The van der Waals surface area contributed by atoms with Crippen molar-refractivity contribution in [2.45, 2.75) is 64.1 Å². The van der Waals surface area contributed by atoms with Crippen LogP contribution in [0.5, 0.6) is 0 Å². The van der Waals surface area contributed by atoms with Gasteiger partial charge in [0.05, 0.1) is 13.5 Å². The van der Waals surface area contributed by atoms with Crippen LogP contribution >= 0.6 is 0 Å². The molecular formula is C26H39NO3. The Balaban J connectivity index is 1.54. The van der Waals surface area contributed by atoms with E-state index >= 15 is 0 Å². The first kappa shape index (κ1) is 23.1. The van der Waals surface area contributed by atoms with Crippen molar-refractivity contribution in [3.63, 3.8) is 0 Å². The van der Waals surface area contributed by atoms with E-state index in [4.69, 9.17) is 4.74 Å². The maximum atomic E-state index is 12.7. The molecule has 0 bridgehead atoms. The number of hydrogen-bond acceptors (Lipinski definition) is 3. The minimum Gasteiger partial charge on any atom is -0.396 e. The predicted molar refractivity (Wildman–Crippen MR) is 121 cm³/mol. The molecule has 1 amide bonds. The molecule has 1 N–H and O–H groups in total. The number of ether oxygens (including phenoxy) is 1. The van der Waals surface area contributed by atoms with Crippen molar-refractivity contribution in [2.24, 2.45) is 29.6 Å². The van der Waals surface area contributed by atoms with Gasteiger partial charge in [0.25, 0.3) is 0 Å². The molecule has 0 aromatic heterocycles. The second-order valence-corrected chi connectivity index (χ2v) is 9.56. The second kappa shape index (κ2) is 10.2. The lowest BCUT2D eigenvalue weighted by atomic mass is 9.65. The molecule has 2 aliphatic carbocycles. The van der Waals surface area contributed by atoms with Crippen molar-refractivity contribution in [1.29, 1.82) is 0 Å². The minimum atomic E-state index is -0.570. The first-order chi connectivity index (χ1) is 14.3. The van der Waals surface area contributed by atoms with Crippen molar-refractivity contribution in [2.75, 3.05) is 13.7 Å². The molecule has 0 aromatic carbocycles. The highest BCUT2D eigenvalue weighted by Gasteiger charge is 2.38. The van der Waals surface area contributed by atoms with Crippen LogP contribution in [0.4, 0.5) is 0 Å². The maximum absolute atomic E-state index is 12.7. The molecule has 1 heterocycles. The van der Waals surface area contributed by atoms with Crippen molar-refractivity contribution >= 4 is 5.91 Å². The van der Waals surface area contributed by atoms with Gasteiger partial charge >= 0.3 is 0 Å². The van der Waals surface area contributed by atoms with Gasteiger partial charge in [0.2, 0.25) is 5.91 Å². The Morgan fingerprint density at radius 3 is 2.87 bits per heavy atom. The van der Waals surface area contributed by atoms with Gasteiger partial charge in [-0.05, 0) is 36.3 Å². The molecule has 7 atom stereocenters. The van der Waals surface area contributed by atoms with Gasteiger partial charge in [-0.2, -0.15) is 0 Å². The number of carbonyl (C=O) groups is 1. The monoisotopic (exact) mass is 413 g/mol. The number of aliphatic hydroxyl groups excluding tert-OH is 1. The van der Waals surface area contributed by atoms with Crippen LogP contribution in [0.3, 0.4) is 0 Å². The highest BCUT2D eigenvalue weighted by Crippen LogP contribution is 2.44. The molecule has 7 unspecified atom stereocenters. The van der Waals surface area contributed by atoms with Crippen LogP contribution in [0.1, 0.15) is 51.9 Å². The second-order valence-electron chi connectivity index (χ2n) is 9.56. The molecule has 3 aliphatic rings. The Bertz CT molecular complexity index is 682. The number of hydrogen-bond donors (Lipinski definition) is 1. The standard InChI is InChI=1S/C26H39NO3/c1-17-9-12-22(15-18(17)2)27(5)26(29)14-13-25(28)20(4)23-8-6-7-21-11-10-19(3)30-16-24(21)23/h9,12,15,18-21,23-25,28H,1,3-4,6-8,10-11,13-14,16H2,2,5H3. The summed E-state index contributed by atoms with van der Waals surface area (Å²) in [5, 5.41) is 10.9. The van der Waals surface area contributed by atoms with Gasteiger partial charge in [-0.3, -0.25) is 4.79 Å². The predicted octanol–water partition coefficient (Wildman–Crippen LogP) is 4.73. The van der Waals surface area contributed by atoms with E-state index in [0.29, 0.717) is 30.6 Å². The van der Waals surface area contributed by atoms with Crippen LogP contribution in [0.25, 0.3) is 0 Å². The molecule has 4 nitrogen and oxygen atoms in total. The molecule has 1 saturated carbocycles. The van der Waals surface area contributed by atoms with E-state index in [1.54, 1.807) is 11.9 Å². The Kier molecular flexibility index (Phi) is 7.86. The summed E-state index contributed by atoms with van der Waals surface area (Å²) in [6, 6.07) is 0. The fourth-order valence-electron chi connectivity index (χ4n) is 5.34. The highest BCUT2D eigenvalue weighted by molar-refractivity contribution is 5.78. The Labute approximate surface area is 183 Å². The third kappa shape index (κ3) is 5.39. The summed E-state index contributed by atoms with van der Waals surface area (Å²) in [4.78, 5) is 14.4. The van der Waals surface area contributed by atoms with Gasteiger partial charge in [0.1, 0.15) is 0 Å². The normalized spacial score (nSPS) is 33.8. The summed E-state index contributed by atoms with van der Waals surface area (Å²) in [6.07, 6.45) is 12.0. The van der Waals surface area contributed by atoms with Crippen molar-refractivity contribution in [3.8, 4) is 0 Å². The Morgan fingerprint density at radius 1 is 1.37 bits per heavy atom. The fourth-order valence-corrected chi connectivity index (χ4v) is 5.34. The lowest BCUT2D eigenvalue weighted by Crippen LogP contribution is -2.39. The summed E-state index contributed by atoms with van der Waals surface area (Å²) in [5.41, 5.74) is 1.95. The zero-order chi connectivity index (χ0) is 21.8. The average molecular weight is 414 g/mol. The fraction of sp³-hybridized carbons (Fsp3) is 0.654. The first-order valence-corrected chi connectivity index (χ1v) is 11.6. The van der Waals surface area contributed by atoms with Gasteiger partial charge in [0, 0.05) is 37.6 Å². The van der Waals surface area contributed by atoms with Crippen LogP contribution in [0.15, 0.2) is 36.1 Å². The smallest absolute Gasteiger partial charge is 0.226 e. The Morgan fingerprint density at radius 2 is 2.13 bits per heavy atom. The SMILES string of the molecule is C=C1C=CC(N(C)C(=O)CCC(O)C([CH2-])C2CCCC3CCC([CH2+])OCC32)=CC1C. The van der Waals surface area contributed by atoms with E-state index in [0.717, 1.165) is 37.1 Å². The molecule has 0 radical (unpaired) electrons. The van der Waals surface area contributed by atoms with Gasteiger partial charge in [0.15, 0.2) is 6.10 Å². The molecule has 166 valence electrons. The average Bonchev–Trinajstić information content (AvgIpc) is 2.94. The number of carbonyl (C=O) groups excluding carboxylic acids is 1. The third-order valence-corrected chi connectivity index (χ3v) is 7.58. The van der Waals surface area contributed by atoms with E-state index < -0.39 is 6.10 Å². The van der Waals surface area contributed by atoms with Crippen molar-refractivity contribution in [1.82, 2.24) is 4.90 Å². The number of amides is 1. The number of likely N-dealkylation sites (N-methyl/N-ethyl adjacent to an activating group) is 1.